The molecule has 1 saturated carbocycles. The van der Waals surface area contributed by atoms with Gasteiger partial charge in [0, 0.05) is 38.4 Å². The summed E-state index contributed by atoms with van der Waals surface area (Å²) in [4.78, 5) is 56.2. The summed E-state index contributed by atoms with van der Waals surface area (Å²) in [6.07, 6.45) is 3.67. The van der Waals surface area contributed by atoms with E-state index in [0.717, 1.165) is 10.5 Å². The maximum absolute atomic E-state index is 11.3. The number of amides is 2. The minimum atomic E-state index is -0.314. The van der Waals surface area contributed by atoms with Crippen molar-refractivity contribution in [3.8, 4) is 0 Å². The zero-order valence-corrected chi connectivity index (χ0v) is 17.2. The van der Waals surface area contributed by atoms with E-state index in [-0.39, 0.29) is 42.4 Å². The van der Waals surface area contributed by atoms with E-state index < -0.39 is 0 Å². The first kappa shape index (κ1) is 23.5. The zero-order chi connectivity index (χ0) is 21.3. The molecule has 1 atom stereocenters. The number of thiol groups is 1. The summed E-state index contributed by atoms with van der Waals surface area (Å²) in [5.41, 5.74) is 1.44. The molecule has 3 rings (SSSR count). The van der Waals surface area contributed by atoms with Crippen molar-refractivity contribution in [3.63, 3.8) is 0 Å². The molecule has 1 unspecified atom stereocenters. The van der Waals surface area contributed by atoms with Crippen molar-refractivity contribution in [2.75, 3.05) is 0 Å². The van der Waals surface area contributed by atoms with Gasteiger partial charge in [-0.05, 0) is 12.5 Å². The van der Waals surface area contributed by atoms with Crippen molar-refractivity contribution < 1.29 is 25.4 Å². The Bertz CT molecular complexity index is 771. The number of carbonyl (C=O) groups is 5. The number of imide groups is 1. The third-order valence-electron chi connectivity index (χ3n) is 4.04. The lowest BCUT2D eigenvalue weighted by Gasteiger charge is -2.13. The maximum atomic E-state index is 11.3. The molecule has 1 aliphatic carbocycles. The maximum Gasteiger partial charge on any atom is 0.253 e. The fourth-order valence-electron chi connectivity index (χ4n) is 2.48. The summed E-state index contributed by atoms with van der Waals surface area (Å²) < 4.78 is 0. The van der Waals surface area contributed by atoms with E-state index in [0.29, 0.717) is 24.8 Å². The van der Waals surface area contributed by atoms with Crippen LogP contribution in [0.25, 0.3) is 0 Å². The van der Waals surface area contributed by atoms with Crippen molar-refractivity contribution in [1.29, 1.82) is 0 Å². The van der Waals surface area contributed by atoms with Crippen LogP contribution < -0.4 is 0 Å². The number of carbonyl (C=O) groups excluding carboxylic acids is 5. The third kappa shape index (κ3) is 6.88. The molecule has 1 aromatic rings. The Morgan fingerprint density at radius 1 is 1.04 bits per heavy atom. The molecule has 1 fully saturated rings. The first-order valence-electron chi connectivity index (χ1n) is 9.14. The SMILES string of the molecule is CC.CC(=O)c1ccc(CN2C(=O)C=CC2=O)cc1.O=C1CCC(=O)C(S)C1.[HH]. The fraction of sp³-hybridized carbons (Fsp3) is 0.381. The number of benzene rings is 1. The van der Waals surface area contributed by atoms with E-state index >= 15 is 0 Å². The largest absolute Gasteiger partial charge is 0.300 e. The quantitative estimate of drug-likeness (QED) is 0.474. The molecule has 0 bridgehead atoms. The summed E-state index contributed by atoms with van der Waals surface area (Å²) in [7, 11) is 0. The van der Waals surface area contributed by atoms with Crippen LogP contribution in [0.2, 0.25) is 0 Å². The Kier molecular flexibility index (Phi) is 9.51. The highest BCUT2D eigenvalue weighted by atomic mass is 32.1. The van der Waals surface area contributed by atoms with E-state index in [1.165, 1.54) is 19.1 Å². The van der Waals surface area contributed by atoms with E-state index in [9.17, 15) is 24.0 Å². The Morgan fingerprint density at radius 2 is 1.57 bits per heavy atom. The number of hydrogen-bond donors (Lipinski definition) is 1. The summed E-state index contributed by atoms with van der Waals surface area (Å²) in [5, 5.41) is -0.314. The standard InChI is InChI=1S/C13H11NO3.C6H8O2S.C2H6.H2/c1-9(15)11-4-2-10(3-5-11)8-14-12(16)6-7-13(14)17;7-4-1-2-5(8)6(9)3-4;1-2;/h2-7H,8H2,1H3;6,9H,1-3H2;1-2H3;1H. The van der Waals surface area contributed by atoms with Crippen LogP contribution in [0.4, 0.5) is 0 Å². The smallest absolute Gasteiger partial charge is 0.253 e. The highest BCUT2D eigenvalue weighted by molar-refractivity contribution is 7.81. The monoisotopic (exact) mass is 405 g/mol. The van der Waals surface area contributed by atoms with Gasteiger partial charge in [-0.3, -0.25) is 28.9 Å². The van der Waals surface area contributed by atoms with Gasteiger partial charge in [-0.15, -0.1) is 0 Å². The highest BCUT2D eigenvalue weighted by Gasteiger charge is 2.24. The van der Waals surface area contributed by atoms with Crippen LogP contribution in [0.3, 0.4) is 0 Å². The molecule has 28 heavy (non-hydrogen) atoms. The molecular weight excluding hydrogens is 378 g/mol. The number of rotatable bonds is 3. The lowest BCUT2D eigenvalue weighted by molar-refractivity contribution is -0.137. The first-order valence-corrected chi connectivity index (χ1v) is 9.65. The van der Waals surface area contributed by atoms with Crippen LogP contribution in [-0.4, -0.2) is 39.3 Å². The molecular formula is C21H27NO5S. The molecule has 7 heteroatoms. The number of hydrogen-bond acceptors (Lipinski definition) is 6. The summed E-state index contributed by atoms with van der Waals surface area (Å²) >= 11 is 3.95. The topological polar surface area (TPSA) is 88.6 Å². The molecule has 0 radical (unpaired) electrons. The summed E-state index contributed by atoms with van der Waals surface area (Å²) in [5.74, 6) is -0.338. The van der Waals surface area contributed by atoms with Gasteiger partial charge in [0.1, 0.15) is 11.6 Å². The van der Waals surface area contributed by atoms with Gasteiger partial charge in [0.25, 0.3) is 11.8 Å². The van der Waals surface area contributed by atoms with Crippen molar-refractivity contribution in [1.82, 2.24) is 4.90 Å². The van der Waals surface area contributed by atoms with Crippen LogP contribution in [0.1, 0.15) is 57.4 Å². The van der Waals surface area contributed by atoms with E-state index in [1.54, 1.807) is 24.3 Å². The molecule has 2 amide bonds. The van der Waals surface area contributed by atoms with E-state index in [1.807, 2.05) is 13.8 Å². The first-order chi connectivity index (χ1) is 13.3. The van der Waals surface area contributed by atoms with Crippen LogP contribution >= 0.6 is 12.6 Å². The van der Waals surface area contributed by atoms with Gasteiger partial charge in [0.15, 0.2) is 5.78 Å². The second-order valence-corrected chi connectivity index (χ2v) is 6.70. The Labute approximate surface area is 171 Å². The number of Topliss-reactive ketones (excluding diaryl/α,β-unsaturated/α-hetero) is 3. The van der Waals surface area contributed by atoms with Crippen molar-refractivity contribution in [2.24, 2.45) is 0 Å². The van der Waals surface area contributed by atoms with E-state index in [2.05, 4.69) is 12.6 Å². The minimum absolute atomic E-state index is 0. The molecule has 1 aromatic carbocycles. The number of nitrogens with zero attached hydrogens (tertiary/aromatic N) is 1. The molecule has 152 valence electrons. The van der Waals surface area contributed by atoms with Gasteiger partial charge < -0.3 is 0 Å². The Hall–Kier alpha value is -2.54. The Morgan fingerprint density at radius 3 is 2.00 bits per heavy atom. The van der Waals surface area contributed by atoms with Crippen LogP contribution in [0, 0.1) is 0 Å². The summed E-state index contributed by atoms with van der Waals surface area (Å²) in [6.45, 7) is 5.73. The van der Waals surface area contributed by atoms with Crippen LogP contribution in [-0.2, 0) is 25.7 Å². The molecule has 0 aromatic heterocycles. The van der Waals surface area contributed by atoms with Crippen LogP contribution in [0.5, 0.6) is 0 Å². The highest BCUT2D eigenvalue weighted by Crippen LogP contribution is 2.15. The lowest BCUT2D eigenvalue weighted by atomic mass is 9.98. The van der Waals surface area contributed by atoms with Gasteiger partial charge in [-0.2, -0.15) is 12.6 Å². The van der Waals surface area contributed by atoms with Crippen molar-refractivity contribution in [3.05, 3.63) is 47.5 Å². The average Bonchev–Trinajstić information content (AvgIpc) is 2.99. The van der Waals surface area contributed by atoms with Crippen molar-refractivity contribution in [2.45, 2.75) is 51.8 Å². The number of ketones is 3. The van der Waals surface area contributed by atoms with Crippen molar-refractivity contribution >= 4 is 41.8 Å². The summed E-state index contributed by atoms with van der Waals surface area (Å²) in [6, 6.07) is 6.87. The predicted molar refractivity (Wildman–Crippen MR) is 111 cm³/mol. The molecule has 0 N–H and O–H groups in total. The molecule has 6 nitrogen and oxygen atoms in total. The average molecular weight is 406 g/mol. The van der Waals surface area contributed by atoms with Gasteiger partial charge in [-0.1, -0.05) is 38.1 Å². The molecule has 1 heterocycles. The predicted octanol–water partition coefficient (Wildman–Crippen LogP) is 3.19. The van der Waals surface area contributed by atoms with E-state index in [4.69, 9.17) is 0 Å². The molecule has 2 aliphatic rings. The molecule has 0 saturated heterocycles. The second-order valence-electron chi connectivity index (χ2n) is 6.07. The van der Waals surface area contributed by atoms with Gasteiger partial charge in [0.05, 0.1) is 11.8 Å². The Balaban J connectivity index is 0.000000556. The molecule has 1 aliphatic heterocycles. The fourth-order valence-corrected chi connectivity index (χ4v) is 2.81. The van der Waals surface area contributed by atoms with Crippen LogP contribution in [0.15, 0.2) is 36.4 Å². The lowest BCUT2D eigenvalue weighted by Crippen LogP contribution is -2.29. The van der Waals surface area contributed by atoms with Gasteiger partial charge in [-0.25, -0.2) is 0 Å². The minimum Gasteiger partial charge on any atom is -0.300 e. The van der Waals surface area contributed by atoms with Gasteiger partial charge >= 0.3 is 0 Å². The molecule has 0 spiro atoms. The normalized spacial score (nSPS) is 18.3. The van der Waals surface area contributed by atoms with Gasteiger partial charge in [0.2, 0.25) is 0 Å². The third-order valence-corrected chi connectivity index (χ3v) is 4.52. The second kappa shape index (κ2) is 11.3. The zero-order valence-electron chi connectivity index (χ0n) is 16.3.